The summed E-state index contributed by atoms with van der Waals surface area (Å²) in [5.74, 6) is 0.350. The molecular formula is C10H11F3N2S. The lowest BCUT2D eigenvalue weighted by molar-refractivity contribution is -0.134. The molecule has 1 heterocycles. The van der Waals surface area contributed by atoms with Crippen molar-refractivity contribution in [3.8, 4) is 0 Å². The van der Waals surface area contributed by atoms with Crippen molar-refractivity contribution in [3.63, 3.8) is 0 Å². The molecule has 0 spiro atoms. The molecule has 0 unspecified atom stereocenters. The molecule has 1 aliphatic rings. The Kier molecular flexibility index (Phi) is 3.01. The van der Waals surface area contributed by atoms with Crippen LogP contribution in [0, 0.1) is 4.64 Å². The second-order valence-corrected chi connectivity index (χ2v) is 4.30. The molecule has 6 heteroatoms. The average Bonchev–Trinajstić information content (AvgIpc) is 2.62. The number of nitrogens with one attached hydrogen (secondary N) is 1. The van der Waals surface area contributed by atoms with E-state index in [-0.39, 0.29) is 6.42 Å². The first kappa shape index (κ1) is 11.6. The smallest absolute Gasteiger partial charge is 0.347 e. The van der Waals surface area contributed by atoms with Crippen LogP contribution in [-0.4, -0.2) is 16.1 Å². The number of aryl methyl sites for hydroxylation is 2. The fourth-order valence-corrected chi connectivity index (χ4v) is 2.22. The Morgan fingerprint density at radius 1 is 1.31 bits per heavy atom. The van der Waals surface area contributed by atoms with Crippen LogP contribution in [0.1, 0.15) is 29.9 Å². The highest BCUT2D eigenvalue weighted by molar-refractivity contribution is 7.71. The molecule has 1 aromatic heterocycles. The minimum Gasteiger partial charge on any atom is -0.347 e. The number of hydrogen-bond donors (Lipinski definition) is 1. The fourth-order valence-electron chi connectivity index (χ4n) is 1.89. The van der Waals surface area contributed by atoms with Gasteiger partial charge in [0.2, 0.25) is 0 Å². The standard InChI is InChI=1S/C10H11F3N2S/c11-10(12,13)5-4-8-14-7-3-1-2-6(7)9(16)15-8/h1-5H2,(H,14,15,16). The predicted molar refractivity (Wildman–Crippen MR) is 55.8 cm³/mol. The zero-order valence-electron chi connectivity index (χ0n) is 8.52. The molecule has 0 radical (unpaired) electrons. The van der Waals surface area contributed by atoms with Crippen molar-refractivity contribution < 1.29 is 13.2 Å². The molecule has 0 saturated carbocycles. The van der Waals surface area contributed by atoms with Crippen molar-refractivity contribution in [3.05, 3.63) is 21.7 Å². The lowest BCUT2D eigenvalue weighted by Crippen LogP contribution is -2.11. The van der Waals surface area contributed by atoms with Crippen LogP contribution in [-0.2, 0) is 19.3 Å². The van der Waals surface area contributed by atoms with Crippen molar-refractivity contribution in [2.24, 2.45) is 0 Å². The van der Waals surface area contributed by atoms with Crippen LogP contribution in [0.25, 0.3) is 0 Å². The van der Waals surface area contributed by atoms with Crippen LogP contribution in [0.3, 0.4) is 0 Å². The molecule has 1 N–H and O–H groups in total. The quantitative estimate of drug-likeness (QED) is 0.815. The van der Waals surface area contributed by atoms with Crippen molar-refractivity contribution in [2.75, 3.05) is 0 Å². The normalized spacial score (nSPS) is 15.2. The predicted octanol–water partition coefficient (Wildman–Crippen LogP) is 3.12. The maximum Gasteiger partial charge on any atom is 0.389 e. The largest absolute Gasteiger partial charge is 0.389 e. The van der Waals surface area contributed by atoms with Gasteiger partial charge in [-0.2, -0.15) is 13.2 Å². The number of hydrogen-bond acceptors (Lipinski definition) is 2. The molecule has 0 bridgehead atoms. The highest BCUT2D eigenvalue weighted by Gasteiger charge is 2.27. The Morgan fingerprint density at radius 3 is 2.75 bits per heavy atom. The molecule has 0 fully saturated rings. The van der Waals surface area contributed by atoms with E-state index in [0.29, 0.717) is 10.5 Å². The van der Waals surface area contributed by atoms with Crippen LogP contribution < -0.4 is 0 Å². The van der Waals surface area contributed by atoms with Crippen molar-refractivity contribution in [1.29, 1.82) is 0 Å². The van der Waals surface area contributed by atoms with Gasteiger partial charge in [-0.25, -0.2) is 4.98 Å². The van der Waals surface area contributed by atoms with Crippen LogP contribution >= 0.6 is 12.2 Å². The van der Waals surface area contributed by atoms with Gasteiger partial charge in [0.15, 0.2) is 0 Å². The third kappa shape index (κ3) is 2.61. The van der Waals surface area contributed by atoms with Crippen molar-refractivity contribution >= 4 is 12.2 Å². The van der Waals surface area contributed by atoms with Gasteiger partial charge in [-0.15, -0.1) is 0 Å². The van der Waals surface area contributed by atoms with E-state index in [0.717, 1.165) is 30.5 Å². The summed E-state index contributed by atoms with van der Waals surface area (Å²) in [5.41, 5.74) is 1.97. The Bertz CT molecular complexity index is 450. The van der Waals surface area contributed by atoms with Crippen LogP contribution in [0.2, 0.25) is 0 Å². The van der Waals surface area contributed by atoms with Gasteiger partial charge >= 0.3 is 6.18 Å². The second-order valence-electron chi connectivity index (χ2n) is 3.91. The minimum atomic E-state index is -4.14. The summed E-state index contributed by atoms with van der Waals surface area (Å²) in [5, 5.41) is 0. The Morgan fingerprint density at radius 2 is 2.06 bits per heavy atom. The molecule has 2 nitrogen and oxygen atoms in total. The van der Waals surface area contributed by atoms with Gasteiger partial charge in [0.1, 0.15) is 10.5 Å². The van der Waals surface area contributed by atoms with Gasteiger partial charge in [-0.3, -0.25) is 0 Å². The zero-order chi connectivity index (χ0) is 11.8. The fraction of sp³-hybridized carbons (Fsp3) is 0.600. The van der Waals surface area contributed by atoms with Gasteiger partial charge in [-0.05, 0) is 19.3 Å². The lowest BCUT2D eigenvalue weighted by atomic mass is 10.2. The van der Waals surface area contributed by atoms with Gasteiger partial charge in [0.05, 0.1) is 6.42 Å². The molecule has 1 aromatic rings. The first-order valence-electron chi connectivity index (χ1n) is 5.13. The van der Waals surface area contributed by atoms with Crippen LogP contribution in [0.5, 0.6) is 0 Å². The first-order chi connectivity index (χ1) is 7.46. The summed E-state index contributed by atoms with van der Waals surface area (Å²) in [7, 11) is 0. The topological polar surface area (TPSA) is 28.7 Å². The van der Waals surface area contributed by atoms with E-state index in [1.807, 2.05) is 0 Å². The average molecular weight is 248 g/mol. The summed E-state index contributed by atoms with van der Waals surface area (Å²) in [6, 6.07) is 0. The highest BCUT2D eigenvalue weighted by atomic mass is 32.1. The minimum absolute atomic E-state index is 0.125. The lowest BCUT2D eigenvalue weighted by Gasteiger charge is -2.07. The molecule has 1 aliphatic carbocycles. The van der Waals surface area contributed by atoms with Gasteiger partial charge in [0, 0.05) is 17.7 Å². The summed E-state index contributed by atoms with van der Waals surface area (Å²) in [6.07, 6.45) is -2.38. The summed E-state index contributed by atoms with van der Waals surface area (Å²) < 4.78 is 36.6. The van der Waals surface area contributed by atoms with E-state index in [1.54, 1.807) is 0 Å². The molecule has 16 heavy (non-hydrogen) atoms. The number of aromatic nitrogens is 2. The number of rotatable bonds is 2. The summed E-state index contributed by atoms with van der Waals surface area (Å²) >= 11 is 5.06. The maximum absolute atomic E-state index is 12.0. The molecule has 0 aromatic carbocycles. The third-order valence-electron chi connectivity index (χ3n) is 2.65. The second kappa shape index (κ2) is 4.16. The van der Waals surface area contributed by atoms with Gasteiger partial charge < -0.3 is 4.98 Å². The van der Waals surface area contributed by atoms with Gasteiger partial charge in [-0.1, -0.05) is 12.2 Å². The van der Waals surface area contributed by atoms with Crippen LogP contribution in [0.4, 0.5) is 13.2 Å². The monoisotopic (exact) mass is 248 g/mol. The molecule has 0 saturated heterocycles. The zero-order valence-corrected chi connectivity index (χ0v) is 9.34. The molecule has 0 aliphatic heterocycles. The number of alkyl halides is 3. The number of fused-ring (bicyclic) bond motifs is 1. The van der Waals surface area contributed by atoms with Crippen molar-refractivity contribution in [1.82, 2.24) is 9.97 Å². The van der Waals surface area contributed by atoms with Crippen LogP contribution in [0.15, 0.2) is 0 Å². The molecule has 2 rings (SSSR count). The summed E-state index contributed by atoms with van der Waals surface area (Å²) in [4.78, 5) is 6.97. The Balaban J connectivity index is 2.18. The van der Waals surface area contributed by atoms with Gasteiger partial charge in [0.25, 0.3) is 0 Å². The highest BCUT2D eigenvalue weighted by Crippen LogP contribution is 2.23. The van der Waals surface area contributed by atoms with E-state index in [2.05, 4.69) is 9.97 Å². The Hall–Kier alpha value is -0.910. The number of H-pyrrole nitrogens is 1. The third-order valence-corrected chi connectivity index (χ3v) is 2.99. The summed E-state index contributed by atoms with van der Waals surface area (Å²) in [6.45, 7) is 0. The molecular weight excluding hydrogens is 237 g/mol. The SMILES string of the molecule is FC(F)(F)CCc1nc(=S)c2c([nH]1)CCC2. The number of halogens is 3. The van der Waals surface area contributed by atoms with E-state index >= 15 is 0 Å². The molecule has 88 valence electrons. The van der Waals surface area contributed by atoms with E-state index in [1.165, 1.54) is 0 Å². The molecule has 0 amide bonds. The van der Waals surface area contributed by atoms with E-state index < -0.39 is 12.6 Å². The van der Waals surface area contributed by atoms with Crippen molar-refractivity contribution in [2.45, 2.75) is 38.3 Å². The van der Waals surface area contributed by atoms with E-state index in [4.69, 9.17) is 12.2 Å². The number of nitrogens with zero attached hydrogens (tertiary/aromatic N) is 1. The first-order valence-corrected chi connectivity index (χ1v) is 5.54. The van der Waals surface area contributed by atoms with E-state index in [9.17, 15) is 13.2 Å². The maximum atomic E-state index is 12.0. The molecule has 0 atom stereocenters. The number of aromatic amines is 1. The Labute approximate surface area is 95.9 Å².